The second-order valence-electron chi connectivity index (χ2n) is 6.19. The first-order valence-corrected chi connectivity index (χ1v) is 9.34. The lowest BCUT2D eigenvalue weighted by Gasteiger charge is -2.13. The van der Waals surface area contributed by atoms with Gasteiger partial charge in [-0.05, 0) is 30.2 Å². The Hall–Kier alpha value is -3.35. The molecule has 3 aromatic rings. The zero-order chi connectivity index (χ0) is 19.6. The summed E-state index contributed by atoms with van der Waals surface area (Å²) in [6.07, 6.45) is 3.76. The standard InChI is InChI=1S/C21H26N6O/c1-3-22-21(24-15-19-10-6-11-20(26-19)28-2)23-14-17-8-4-5-9-18(17)16-27-13-7-12-25-27/h4-13H,3,14-16H2,1-2H3,(H2,22,23,24). The van der Waals surface area contributed by atoms with Crippen molar-refractivity contribution in [2.45, 2.75) is 26.6 Å². The van der Waals surface area contributed by atoms with Gasteiger partial charge in [0.25, 0.3) is 0 Å². The van der Waals surface area contributed by atoms with Gasteiger partial charge in [0.1, 0.15) is 0 Å². The number of nitrogens with one attached hydrogen (secondary N) is 2. The molecular formula is C21H26N6O. The third kappa shape index (κ3) is 5.57. The van der Waals surface area contributed by atoms with Crippen LogP contribution in [0.15, 0.2) is 65.9 Å². The van der Waals surface area contributed by atoms with Crippen LogP contribution in [0.2, 0.25) is 0 Å². The Bertz CT molecular complexity index is 891. The minimum Gasteiger partial charge on any atom is -0.481 e. The summed E-state index contributed by atoms with van der Waals surface area (Å²) < 4.78 is 7.10. The Morgan fingerprint density at radius 2 is 1.93 bits per heavy atom. The number of methoxy groups -OCH3 is 1. The SMILES string of the molecule is CCNC(=NCc1ccccc1Cn1cccn1)NCc1cccc(OC)n1. The summed E-state index contributed by atoms with van der Waals surface area (Å²) in [5.74, 6) is 1.36. The Morgan fingerprint density at radius 1 is 1.07 bits per heavy atom. The van der Waals surface area contributed by atoms with Crippen LogP contribution in [0.5, 0.6) is 5.88 Å². The number of rotatable bonds is 8. The fourth-order valence-electron chi connectivity index (χ4n) is 2.78. The molecule has 0 saturated heterocycles. The van der Waals surface area contributed by atoms with E-state index in [1.54, 1.807) is 13.3 Å². The number of hydrogen-bond donors (Lipinski definition) is 2. The summed E-state index contributed by atoms with van der Waals surface area (Å²) in [5, 5.41) is 10.9. The lowest BCUT2D eigenvalue weighted by Crippen LogP contribution is -2.37. The third-order valence-electron chi connectivity index (χ3n) is 4.19. The fraction of sp³-hybridized carbons (Fsp3) is 0.286. The molecule has 2 heterocycles. The van der Waals surface area contributed by atoms with Gasteiger partial charge < -0.3 is 15.4 Å². The smallest absolute Gasteiger partial charge is 0.213 e. The molecule has 0 unspecified atom stereocenters. The van der Waals surface area contributed by atoms with Gasteiger partial charge >= 0.3 is 0 Å². The molecule has 0 radical (unpaired) electrons. The summed E-state index contributed by atoms with van der Waals surface area (Å²) in [4.78, 5) is 9.16. The van der Waals surface area contributed by atoms with Crippen molar-refractivity contribution in [3.63, 3.8) is 0 Å². The molecule has 0 aliphatic heterocycles. The maximum atomic E-state index is 5.18. The number of benzene rings is 1. The van der Waals surface area contributed by atoms with Crippen LogP contribution >= 0.6 is 0 Å². The summed E-state index contributed by atoms with van der Waals surface area (Å²) in [7, 11) is 1.62. The van der Waals surface area contributed by atoms with Crippen LogP contribution in [-0.2, 0) is 19.6 Å². The molecule has 2 N–H and O–H groups in total. The number of guanidine groups is 1. The highest BCUT2D eigenvalue weighted by Crippen LogP contribution is 2.12. The highest BCUT2D eigenvalue weighted by molar-refractivity contribution is 5.79. The van der Waals surface area contributed by atoms with Gasteiger partial charge in [-0.2, -0.15) is 5.10 Å². The molecule has 0 aliphatic rings. The van der Waals surface area contributed by atoms with E-state index in [0.29, 0.717) is 19.0 Å². The summed E-state index contributed by atoms with van der Waals surface area (Å²) in [6.45, 7) is 4.71. The number of aromatic nitrogens is 3. The van der Waals surface area contributed by atoms with E-state index >= 15 is 0 Å². The van der Waals surface area contributed by atoms with Gasteiger partial charge in [-0.1, -0.05) is 30.3 Å². The monoisotopic (exact) mass is 378 g/mol. The van der Waals surface area contributed by atoms with Crippen molar-refractivity contribution in [3.05, 3.63) is 77.7 Å². The third-order valence-corrected chi connectivity index (χ3v) is 4.19. The Labute approximate surface area is 165 Å². The summed E-state index contributed by atoms with van der Waals surface area (Å²) >= 11 is 0. The quantitative estimate of drug-likeness (QED) is 0.465. The molecule has 0 saturated carbocycles. The van der Waals surface area contributed by atoms with Crippen molar-refractivity contribution in [1.29, 1.82) is 0 Å². The first kappa shape index (κ1) is 19.4. The molecule has 3 rings (SSSR count). The van der Waals surface area contributed by atoms with Crippen molar-refractivity contribution in [2.75, 3.05) is 13.7 Å². The van der Waals surface area contributed by atoms with Gasteiger partial charge in [-0.3, -0.25) is 4.68 Å². The van der Waals surface area contributed by atoms with Crippen LogP contribution in [-0.4, -0.2) is 34.4 Å². The van der Waals surface area contributed by atoms with Gasteiger partial charge in [0.15, 0.2) is 5.96 Å². The molecule has 0 atom stereocenters. The van der Waals surface area contributed by atoms with Crippen molar-refractivity contribution < 1.29 is 4.74 Å². The second-order valence-corrected chi connectivity index (χ2v) is 6.19. The van der Waals surface area contributed by atoms with E-state index in [1.807, 2.05) is 54.2 Å². The van der Waals surface area contributed by atoms with E-state index in [0.717, 1.165) is 24.7 Å². The topological polar surface area (TPSA) is 76.4 Å². The van der Waals surface area contributed by atoms with E-state index in [2.05, 4.69) is 32.8 Å². The van der Waals surface area contributed by atoms with Crippen LogP contribution in [0.25, 0.3) is 0 Å². The van der Waals surface area contributed by atoms with Gasteiger partial charge in [-0.25, -0.2) is 9.98 Å². The number of ether oxygens (including phenoxy) is 1. The molecule has 0 fully saturated rings. The second kappa shape index (κ2) is 10.1. The average molecular weight is 378 g/mol. The molecule has 0 amide bonds. The first-order chi connectivity index (χ1) is 13.8. The fourth-order valence-corrected chi connectivity index (χ4v) is 2.78. The van der Waals surface area contributed by atoms with Crippen LogP contribution in [0, 0.1) is 0 Å². The maximum Gasteiger partial charge on any atom is 0.213 e. The number of aliphatic imine (C=N–C) groups is 1. The van der Waals surface area contributed by atoms with E-state index < -0.39 is 0 Å². The largest absolute Gasteiger partial charge is 0.481 e. The predicted octanol–water partition coefficient (Wildman–Crippen LogP) is 2.59. The Morgan fingerprint density at radius 3 is 2.68 bits per heavy atom. The molecule has 1 aromatic carbocycles. The van der Waals surface area contributed by atoms with Crippen LogP contribution in [0.1, 0.15) is 23.7 Å². The average Bonchev–Trinajstić information content (AvgIpc) is 3.24. The minimum absolute atomic E-state index is 0.567. The normalized spacial score (nSPS) is 11.3. The minimum atomic E-state index is 0.567. The van der Waals surface area contributed by atoms with Crippen molar-refractivity contribution in [3.8, 4) is 5.88 Å². The molecule has 146 valence electrons. The van der Waals surface area contributed by atoms with Gasteiger partial charge in [0, 0.05) is 25.0 Å². The van der Waals surface area contributed by atoms with Crippen LogP contribution < -0.4 is 15.4 Å². The highest BCUT2D eigenvalue weighted by atomic mass is 16.5. The zero-order valence-corrected chi connectivity index (χ0v) is 16.3. The molecule has 28 heavy (non-hydrogen) atoms. The van der Waals surface area contributed by atoms with Gasteiger partial charge in [0.2, 0.25) is 5.88 Å². The van der Waals surface area contributed by atoms with Crippen molar-refractivity contribution in [2.24, 2.45) is 4.99 Å². The molecular weight excluding hydrogens is 352 g/mol. The Balaban J connectivity index is 1.67. The van der Waals surface area contributed by atoms with Crippen molar-refractivity contribution in [1.82, 2.24) is 25.4 Å². The Kier molecular flexibility index (Phi) is 7.01. The summed E-state index contributed by atoms with van der Waals surface area (Å²) in [6, 6.07) is 16.0. The number of nitrogens with zero attached hydrogens (tertiary/aromatic N) is 4. The first-order valence-electron chi connectivity index (χ1n) is 9.34. The van der Waals surface area contributed by atoms with Gasteiger partial charge in [0.05, 0.1) is 32.4 Å². The van der Waals surface area contributed by atoms with Crippen LogP contribution in [0.3, 0.4) is 0 Å². The molecule has 2 aromatic heterocycles. The zero-order valence-electron chi connectivity index (χ0n) is 16.3. The molecule has 0 aliphatic carbocycles. The molecule has 0 bridgehead atoms. The predicted molar refractivity (Wildman–Crippen MR) is 110 cm³/mol. The van der Waals surface area contributed by atoms with E-state index in [1.165, 1.54) is 11.1 Å². The number of hydrogen-bond acceptors (Lipinski definition) is 4. The van der Waals surface area contributed by atoms with Gasteiger partial charge in [-0.15, -0.1) is 0 Å². The van der Waals surface area contributed by atoms with E-state index in [4.69, 9.17) is 9.73 Å². The molecule has 7 nitrogen and oxygen atoms in total. The number of pyridine rings is 1. The van der Waals surface area contributed by atoms with E-state index in [9.17, 15) is 0 Å². The molecule has 7 heteroatoms. The van der Waals surface area contributed by atoms with Crippen LogP contribution in [0.4, 0.5) is 0 Å². The summed E-state index contributed by atoms with van der Waals surface area (Å²) in [5.41, 5.74) is 3.28. The lowest BCUT2D eigenvalue weighted by molar-refractivity contribution is 0.396. The lowest BCUT2D eigenvalue weighted by atomic mass is 10.1. The van der Waals surface area contributed by atoms with E-state index in [-0.39, 0.29) is 0 Å². The molecule has 0 spiro atoms. The highest BCUT2D eigenvalue weighted by Gasteiger charge is 2.05. The maximum absolute atomic E-state index is 5.18. The van der Waals surface area contributed by atoms with Crippen molar-refractivity contribution >= 4 is 5.96 Å².